The molecular weight excluding hydrogens is 368 g/mol. The van der Waals surface area contributed by atoms with Crippen molar-refractivity contribution in [2.75, 3.05) is 13.2 Å². The Labute approximate surface area is 152 Å². The third-order valence-electron chi connectivity index (χ3n) is 3.06. The molecular formula is C15H13ClN4O6. The number of hydrogen-bond acceptors (Lipinski definition) is 8. The van der Waals surface area contributed by atoms with Crippen LogP contribution in [-0.2, 0) is 14.3 Å². The zero-order valence-corrected chi connectivity index (χ0v) is 14.2. The van der Waals surface area contributed by atoms with Crippen molar-refractivity contribution in [2.45, 2.75) is 6.92 Å². The largest absolute Gasteiger partial charge is 0.456 e. The van der Waals surface area contributed by atoms with Crippen molar-refractivity contribution >= 4 is 40.7 Å². The number of nitriles is 1. The highest BCUT2D eigenvalue weighted by atomic mass is 35.5. The normalized spacial score (nSPS) is 11.0. The molecule has 0 spiro atoms. The number of carbonyl (C=O) groups is 3. The van der Waals surface area contributed by atoms with Crippen LogP contribution in [-0.4, -0.2) is 41.4 Å². The number of Topliss-reactive ketones (excluding diaryl/α,β-unsaturated/α-hetero) is 1. The fourth-order valence-electron chi connectivity index (χ4n) is 1.74. The fraction of sp³-hybridized carbons (Fsp3) is 0.267. The van der Waals surface area contributed by atoms with Crippen LogP contribution in [0.3, 0.4) is 0 Å². The zero-order valence-electron chi connectivity index (χ0n) is 13.4. The number of benzene rings is 1. The van der Waals surface area contributed by atoms with E-state index in [4.69, 9.17) is 22.3 Å². The van der Waals surface area contributed by atoms with Gasteiger partial charge in [0.05, 0.1) is 11.0 Å². The van der Waals surface area contributed by atoms with Gasteiger partial charge in [0.2, 0.25) is 0 Å². The van der Waals surface area contributed by atoms with Crippen molar-refractivity contribution in [3.63, 3.8) is 0 Å². The summed E-state index contributed by atoms with van der Waals surface area (Å²) in [4.78, 5) is 45.1. The molecule has 0 saturated heterocycles. The Balaban J connectivity index is 2.58. The second-order valence-electron chi connectivity index (χ2n) is 4.98. The van der Waals surface area contributed by atoms with E-state index in [-0.39, 0.29) is 16.3 Å². The number of hydrogen-bond donors (Lipinski definition) is 2. The average Bonchev–Trinajstić information content (AvgIpc) is 2.58. The first-order chi connectivity index (χ1) is 12.2. The Kier molecular flexibility index (Phi) is 7.36. The van der Waals surface area contributed by atoms with Gasteiger partial charge in [-0.05, 0) is 19.1 Å². The van der Waals surface area contributed by atoms with E-state index in [1.807, 2.05) is 0 Å². The van der Waals surface area contributed by atoms with Crippen molar-refractivity contribution in [3.05, 3.63) is 38.9 Å². The third-order valence-corrected chi connectivity index (χ3v) is 3.38. The second kappa shape index (κ2) is 9.24. The molecule has 0 heterocycles. The van der Waals surface area contributed by atoms with Crippen molar-refractivity contribution in [3.8, 4) is 6.07 Å². The molecule has 1 amide bonds. The van der Waals surface area contributed by atoms with E-state index in [9.17, 15) is 24.5 Å². The molecule has 11 heteroatoms. The molecule has 1 aromatic carbocycles. The summed E-state index contributed by atoms with van der Waals surface area (Å²) in [5.74, 6) is -3.78. The average molecular weight is 381 g/mol. The second-order valence-corrected chi connectivity index (χ2v) is 5.39. The van der Waals surface area contributed by atoms with E-state index in [0.717, 1.165) is 6.07 Å². The van der Waals surface area contributed by atoms with Crippen LogP contribution in [0.4, 0.5) is 5.69 Å². The number of nitro groups is 1. The van der Waals surface area contributed by atoms with E-state index in [1.165, 1.54) is 19.1 Å². The first-order valence-electron chi connectivity index (χ1n) is 7.02. The first kappa shape index (κ1) is 20.7. The van der Waals surface area contributed by atoms with Gasteiger partial charge in [0.1, 0.15) is 17.5 Å². The summed E-state index contributed by atoms with van der Waals surface area (Å²) in [5.41, 5.74) is -0.725. The lowest BCUT2D eigenvalue weighted by atomic mass is 10.0. The molecule has 136 valence electrons. The maximum atomic E-state index is 11.9. The van der Waals surface area contributed by atoms with Gasteiger partial charge in [-0.15, -0.1) is 0 Å². The van der Waals surface area contributed by atoms with Gasteiger partial charge < -0.3 is 15.5 Å². The van der Waals surface area contributed by atoms with Crippen LogP contribution < -0.4 is 5.32 Å². The lowest BCUT2D eigenvalue weighted by molar-refractivity contribution is -0.384. The van der Waals surface area contributed by atoms with Crippen LogP contribution in [0.1, 0.15) is 17.3 Å². The SMILES string of the molecule is CC(=N)C(C#N)C(=O)COC(=O)CNC(=O)c1ccc(Cl)c([N+](=O)[O-])c1. The molecule has 1 aromatic rings. The Hall–Kier alpha value is -3.32. The first-order valence-corrected chi connectivity index (χ1v) is 7.40. The van der Waals surface area contributed by atoms with Crippen LogP contribution in [0, 0.1) is 32.8 Å². The molecule has 1 atom stereocenters. The Bertz CT molecular complexity index is 817. The fourth-order valence-corrected chi connectivity index (χ4v) is 1.93. The Morgan fingerprint density at radius 2 is 2.12 bits per heavy atom. The third kappa shape index (κ3) is 5.64. The number of nitro benzene ring substituents is 1. The van der Waals surface area contributed by atoms with Crippen molar-refractivity contribution in [1.29, 1.82) is 10.7 Å². The predicted octanol–water partition coefficient (Wildman–Crippen LogP) is 1.27. The molecule has 10 nitrogen and oxygen atoms in total. The highest BCUT2D eigenvalue weighted by molar-refractivity contribution is 6.32. The van der Waals surface area contributed by atoms with E-state index in [2.05, 4.69) is 10.1 Å². The molecule has 1 rings (SSSR count). The van der Waals surface area contributed by atoms with E-state index < -0.39 is 47.3 Å². The summed E-state index contributed by atoms with van der Waals surface area (Å²) < 4.78 is 4.62. The number of halogens is 1. The van der Waals surface area contributed by atoms with Gasteiger partial charge >= 0.3 is 5.97 Å². The summed E-state index contributed by atoms with van der Waals surface area (Å²) >= 11 is 5.64. The van der Waals surface area contributed by atoms with E-state index in [1.54, 1.807) is 6.07 Å². The minimum absolute atomic E-state index is 0.0889. The van der Waals surface area contributed by atoms with Gasteiger partial charge in [-0.3, -0.25) is 24.5 Å². The lowest BCUT2D eigenvalue weighted by Crippen LogP contribution is -2.32. The number of rotatable bonds is 8. The molecule has 0 aromatic heterocycles. The molecule has 0 saturated carbocycles. The van der Waals surface area contributed by atoms with E-state index in [0.29, 0.717) is 0 Å². The van der Waals surface area contributed by atoms with Gasteiger partial charge in [-0.25, -0.2) is 0 Å². The number of carbonyl (C=O) groups excluding carboxylic acids is 3. The molecule has 0 aliphatic rings. The van der Waals surface area contributed by atoms with Crippen molar-refractivity contribution in [1.82, 2.24) is 5.32 Å². The number of nitrogens with one attached hydrogen (secondary N) is 2. The van der Waals surface area contributed by atoms with Gasteiger partial charge in [-0.1, -0.05) is 11.6 Å². The maximum Gasteiger partial charge on any atom is 0.325 e. The quantitative estimate of drug-likeness (QED) is 0.296. The molecule has 0 aliphatic carbocycles. The molecule has 0 aliphatic heterocycles. The Morgan fingerprint density at radius 1 is 1.46 bits per heavy atom. The molecule has 0 bridgehead atoms. The summed E-state index contributed by atoms with van der Waals surface area (Å²) in [6.07, 6.45) is 0. The smallest absolute Gasteiger partial charge is 0.325 e. The topological polar surface area (TPSA) is 163 Å². The summed E-state index contributed by atoms with van der Waals surface area (Å²) in [6.45, 7) is -0.0297. The predicted molar refractivity (Wildman–Crippen MR) is 88.9 cm³/mol. The monoisotopic (exact) mass is 380 g/mol. The molecule has 0 fully saturated rings. The van der Waals surface area contributed by atoms with Crippen LogP contribution in [0.2, 0.25) is 5.02 Å². The van der Waals surface area contributed by atoms with Gasteiger partial charge in [0.25, 0.3) is 11.6 Å². The number of ketones is 1. The van der Waals surface area contributed by atoms with Crippen LogP contribution in [0.25, 0.3) is 0 Å². The van der Waals surface area contributed by atoms with Crippen LogP contribution >= 0.6 is 11.6 Å². The van der Waals surface area contributed by atoms with Crippen molar-refractivity contribution in [2.24, 2.45) is 5.92 Å². The van der Waals surface area contributed by atoms with Gasteiger partial charge in [-0.2, -0.15) is 5.26 Å². The molecule has 2 N–H and O–H groups in total. The van der Waals surface area contributed by atoms with E-state index >= 15 is 0 Å². The molecule has 0 radical (unpaired) electrons. The molecule has 26 heavy (non-hydrogen) atoms. The highest BCUT2D eigenvalue weighted by Crippen LogP contribution is 2.24. The number of nitrogens with zero attached hydrogens (tertiary/aromatic N) is 2. The minimum atomic E-state index is -1.30. The maximum absolute atomic E-state index is 11.9. The van der Waals surface area contributed by atoms with Crippen molar-refractivity contribution < 1.29 is 24.0 Å². The van der Waals surface area contributed by atoms with Gasteiger partial charge in [0, 0.05) is 17.3 Å². The standard InChI is InChI=1S/C15H13ClN4O6/c1-8(18)10(5-17)13(21)7-26-14(22)6-19-15(23)9-2-3-11(16)12(4-9)20(24)25/h2-4,10,18H,6-7H2,1H3,(H,19,23). The Morgan fingerprint density at radius 3 is 2.65 bits per heavy atom. The highest BCUT2D eigenvalue weighted by Gasteiger charge is 2.22. The van der Waals surface area contributed by atoms with Crippen LogP contribution in [0.5, 0.6) is 0 Å². The minimum Gasteiger partial charge on any atom is -0.456 e. The summed E-state index contributed by atoms with van der Waals surface area (Å²) in [7, 11) is 0. The van der Waals surface area contributed by atoms with Gasteiger partial charge in [0.15, 0.2) is 12.4 Å². The zero-order chi connectivity index (χ0) is 19.9. The van der Waals surface area contributed by atoms with Crippen LogP contribution in [0.15, 0.2) is 18.2 Å². The summed E-state index contributed by atoms with van der Waals surface area (Å²) in [5, 5.41) is 28.8. The molecule has 1 unspecified atom stereocenters. The number of amides is 1. The number of ether oxygens (including phenoxy) is 1. The lowest BCUT2D eigenvalue weighted by Gasteiger charge is -2.08. The number of esters is 1. The summed E-state index contributed by atoms with van der Waals surface area (Å²) in [6, 6.07) is 4.98.